The summed E-state index contributed by atoms with van der Waals surface area (Å²) in [6.45, 7) is 4.11. The van der Waals surface area contributed by atoms with Crippen LogP contribution in [0.5, 0.6) is 0 Å². The molecule has 0 aromatic heterocycles. The van der Waals surface area contributed by atoms with Crippen LogP contribution in [0.4, 0.5) is 0 Å². The third-order valence-corrected chi connectivity index (χ3v) is 3.71. The summed E-state index contributed by atoms with van der Waals surface area (Å²) in [5, 5.41) is 3.26. The van der Waals surface area contributed by atoms with Crippen LogP contribution in [0.2, 0.25) is 0 Å². The average molecular weight is 204 g/mol. The van der Waals surface area contributed by atoms with E-state index in [1.807, 2.05) is 7.05 Å². The fourth-order valence-electron chi connectivity index (χ4n) is 2.37. The second kappa shape index (κ2) is 3.95. The summed E-state index contributed by atoms with van der Waals surface area (Å²) in [6, 6.07) is 8.76. The summed E-state index contributed by atoms with van der Waals surface area (Å²) in [5.41, 5.74) is 8.66. The van der Waals surface area contributed by atoms with Crippen molar-refractivity contribution in [3.63, 3.8) is 0 Å². The molecule has 2 heteroatoms. The van der Waals surface area contributed by atoms with Gasteiger partial charge in [-0.15, -0.1) is 0 Å². The minimum absolute atomic E-state index is 0.399. The lowest BCUT2D eigenvalue weighted by molar-refractivity contribution is 0.617. The summed E-state index contributed by atoms with van der Waals surface area (Å²) in [5.74, 6) is 0.797. The SMILES string of the molecule is CNCC1CC1(C)c1ccc(CN)cc1. The summed E-state index contributed by atoms with van der Waals surface area (Å²) in [7, 11) is 2.02. The van der Waals surface area contributed by atoms with E-state index >= 15 is 0 Å². The number of rotatable bonds is 4. The van der Waals surface area contributed by atoms with Crippen LogP contribution in [-0.4, -0.2) is 13.6 Å². The molecule has 1 aromatic rings. The number of nitrogens with one attached hydrogen (secondary N) is 1. The van der Waals surface area contributed by atoms with Crippen molar-refractivity contribution < 1.29 is 0 Å². The molecule has 1 aliphatic rings. The molecule has 0 amide bonds. The zero-order chi connectivity index (χ0) is 10.9. The summed E-state index contributed by atoms with van der Waals surface area (Å²) in [6.07, 6.45) is 1.30. The Morgan fingerprint density at radius 3 is 2.60 bits per heavy atom. The smallest absolute Gasteiger partial charge is 0.0178 e. The normalized spacial score (nSPS) is 29.1. The molecule has 0 heterocycles. The van der Waals surface area contributed by atoms with Crippen LogP contribution in [0.1, 0.15) is 24.5 Å². The minimum Gasteiger partial charge on any atom is -0.326 e. The van der Waals surface area contributed by atoms with E-state index in [2.05, 4.69) is 36.5 Å². The van der Waals surface area contributed by atoms with Gasteiger partial charge >= 0.3 is 0 Å². The quantitative estimate of drug-likeness (QED) is 0.782. The van der Waals surface area contributed by atoms with Gasteiger partial charge in [-0.25, -0.2) is 0 Å². The molecular formula is C13H20N2. The molecule has 1 aliphatic carbocycles. The van der Waals surface area contributed by atoms with E-state index < -0.39 is 0 Å². The van der Waals surface area contributed by atoms with Gasteiger partial charge in [0.1, 0.15) is 0 Å². The minimum atomic E-state index is 0.399. The molecule has 82 valence electrons. The lowest BCUT2D eigenvalue weighted by Crippen LogP contribution is -2.15. The third-order valence-electron chi connectivity index (χ3n) is 3.71. The van der Waals surface area contributed by atoms with Crippen LogP contribution in [0.25, 0.3) is 0 Å². The van der Waals surface area contributed by atoms with Crippen LogP contribution in [0.3, 0.4) is 0 Å². The summed E-state index contributed by atoms with van der Waals surface area (Å²) < 4.78 is 0. The summed E-state index contributed by atoms with van der Waals surface area (Å²) >= 11 is 0. The van der Waals surface area contributed by atoms with Crippen molar-refractivity contribution in [3.8, 4) is 0 Å². The zero-order valence-electron chi connectivity index (χ0n) is 9.59. The molecule has 2 nitrogen and oxygen atoms in total. The van der Waals surface area contributed by atoms with Crippen molar-refractivity contribution in [2.75, 3.05) is 13.6 Å². The average Bonchev–Trinajstić information content (AvgIpc) is 2.92. The highest BCUT2D eigenvalue weighted by atomic mass is 14.8. The van der Waals surface area contributed by atoms with E-state index in [-0.39, 0.29) is 0 Å². The van der Waals surface area contributed by atoms with Gasteiger partial charge in [-0.1, -0.05) is 31.2 Å². The Morgan fingerprint density at radius 2 is 2.07 bits per heavy atom. The first-order chi connectivity index (χ1) is 7.20. The van der Waals surface area contributed by atoms with Gasteiger partial charge in [0.25, 0.3) is 0 Å². The van der Waals surface area contributed by atoms with Gasteiger partial charge in [0.2, 0.25) is 0 Å². The molecule has 0 spiro atoms. The fraction of sp³-hybridized carbons (Fsp3) is 0.538. The highest BCUT2D eigenvalue weighted by Crippen LogP contribution is 2.53. The molecule has 2 atom stereocenters. The molecule has 0 saturated heterocycles. The lowest BCUT2D eigenvalue weighted by Gasteiger charge is -2.12. The van der Waals surface area contributed by atoms with Crippen molar-refractivity contribution in [2.45, 2.75) is 25.3 Å². The predicted molar refractivity (Wildman–Crippen MR) is 63.7 cm³/mol. The van der Waals surface area contributed by atoms with Crippen molar-refractivity contribution in [1.82, 2.24) is 5.32 Å². The molecule has 0 radical (unpaired) electrons. The predicted octanol–water partition coefficient (Wildman–Crippen LogP) is 1.64. The molecule has 1 aromatic carbocycles. The van der Waals surface area contributed by atoms with Crippen molar-refractivity contribution in [3.05, 3.63) is 35.4 Å². The molecule has 0 aliphatic heterocycles. The first kappa shape index (κ1) is 10.7. The van der Waals surface area contributed by atoms with Gasteiger partial charge < -0.3 is 11.1 Å². The maximum absolute atomic E-state index is 5.59. The highest BCUT2D eigenvalue weighted by Gasteiger charge is 2.50. The van der Waals surface area contributed by atoms with E-state index in [0.717, 1.165) is 12.5 Å². The van der Waals surface area contributed by atoms with E-state index in [0.29, 0.717) is 12.0 Å². The first-order valence-electron chi connectivity index (χ1n) is 5.65. The van der Waals surface area contributed by atoms with E-state index in [9.17, 15) is 0 Å². The van der Waals surface area contributed by atoms with Gasteiger partial charge in [0, 0.05) is 6.54 Å². The number of hydrogen-bond acceptors (Lipinski definition) is 2. The van der Waals surface area contributed by atoms with Crippen LogP contribution in [0, 0.1) is 5.92 Å². The molecular weight excluding hydrogens is 184 g/mol. The van der Waals surface area contributed by atoms with Gasteiger partial charge in [-0.05, 0) is 42.5 Å². The molecule has 2 rings (SSSR count). The van der Waals surface area contributed by atoms with Crippen LogP contribution in [-0.2, 0) is 12.0 Å². The topological polar surface area (TPSA) is 38.0 Å². The lowest BCUT2D eigenvalue weighted by atomic mass is 9.94. The van der Waals surface area contributed by atoms with Crippen molar-refractivity contribution >= 4 is 0 Å². The monoisotopic (exact) mass is 204 g/mol. The van der Waals surface area contributed by atoms with Crippen molar-refractivity contribution in [2.24, 2.45) is 11.7 Å². The highest BCUT2D eigenvalue weighted by molar-refractivity contribution is 5.34. The number of nitrogens with two attached hydrogens (primary N) is 1. The fourth-order valence-corrected chi connectivity index (χ4v) is 2.37. The Hall–Kier alpha value is -0.860. The largest absolute Gasteiger partial charge is 0.326 e. The Kier molecular flexibility index (Phi) is 2.81. The van der Waals surface area contributed by atoms with Crippen LogP contribution in [0.15, 0.2) is 24.3 Å². The molecule has 2 unspecified atom stereocenters. The van der Waals surface area contributed by atoms with Gasteiger partial charge in [0.05, 0.1) is 0 Å². The van der Waals surface area contributed by atoms with Crippen LogP contribution >= 0.6 is 0 Å². The maximum atomic E-state index is 5.59. The molecule has 1 fully saturated rings. The molecule has 0 bridgehead atoms. The number of benzene rings is 1. The molecule has 1 saturated carbocycles. The Labute approximate surface area is 91.9 Å². The molecule has 15 heavy (non-hydrogen) atoms. The summed E-state index contributed by atoms with van der Waals surface area (Å²) in [4.78, 5) is 0. The van der Waals surface area contributed by atoms with Gasteiger partial charge in [-0.2, -0.15) is 0 Å². The van der Waals surface area contributed by atoms with Gasteiger partial charge in [0.15, 0.2) is 0 Å². The van der Waals surface area contributed by atoms with E-state index in [4.69, 9.17) is 5.73 Å². The first-order valence-corrected chi connectivity index (χ1v) is 5.65. The zero-order valence-corrected chi connectivity index (χ0v) is 9.59. The standard InChI is InChI=1S/C13H20N2/c1-13(7-12(13)9-15-2)11-5-3-10(8-14)4-6-11/h3-6,12,15H,7-9,14H2,1-2H3. The second-order valence-electron chi connectivity index (χ2n) is 4.78. The van der Waals surface area contributed by atoms with E-state index in [1.165, 1.54) is 17.5 Å². The maximum Gasteiger partial charge on any atom is 0.0178 e. The Balaban J connectivity index is 2.10. The Morgan fingerprint density at radius 1 is 1.40 bits per heavy atom. The van der Waals surface area contributed by atoms with Gasteiger partial charge in [-0.3, -0.25) is 0 Å². The molecule has 3 N–H and O–H groups in total. The second-order valence-corrected chi connectivity index (χ2v) is 4.78. The third kappa shape index (κ3) is 1.92. The van der Waals surface area contributed by atoms with Crippen molar-refractivity contribution in [1.29, 1.82) is 0 Å². The Bertz CT molecular complexity index is 331. The van der Waals surface area contributed by atoms with Crippen LogP contribution < -0.4 is 11.1 Å². The van der Waals surface area contributed by atoms with E-state index in [1.54, 1.807) is 0 Å². The number of hydrogen-bond donors (Lipinski definition) is 2.